The van der Waals surface area contributed by atoms with Crippen LogP contribution in [0.15, 0.2) is 67.1 Å². The number of anilines is 1. The van der Waals surface area contributed by atoms with E-state index >= 15 is 0 Å². The molecule has 178 valence electrons. The average molecular weight is 466 g/mol. The van der Waals surface area contributed by atoms with Gasteiger partial charge in [-0.25, -0.2) is 9.50 Å². The van der Waals surface area contributed by atoms with E-state index in [1.54, 1.807) is 6.33 Å². The van der Waals surface area contributed by atoms with Gasteiger partial charge in [-0.15, -0.1) is 0 Å². The van der Waals surface area contributed by atoms with Crippen molar-refractivity contribution >= 4 is 22.2 Å². The van der Waals surface area contributed by atoms with Gasteiger partial charge in [-0.3, -0.25) is 9.58 Å². The Kier molecular flexibility index (Phi) is 5.11. The molecule has 1 unspecified atom stereocenters. The van der Waals surface area contributed by atoms with Gasteiger partial charge in [0.05, 0.1) is 12.1 Å². The van der Waals surface area contributed by atoms with Crippen LogP contribution in [0.5, 0.6) is 0 Å². The molecule has 5 aromatic rings. The van der Waals surface area contributed by atoms with Crippen LogP contribution in [0.2, 0.25) is 0 Å². The molecule has 2 N–H and O–H groups in total. The molecule has 1 aliphatic rings. The van der Waals surface area contributed by atoms with E-state index in [2.05, 4.69) is 90.5 Å². The molecule has 1 aliphatic heterocycles. The lowest BCUT2D eigenvalue weighted by Crippen LogP contribution is -2.39. The van der Waals surface area contributed by atoms with Crippen LogP contribution in [0.25, 0.3) is 27.5 Å². The van der Waals surface area contributed by atoms with Crippen LogP contribution in [-0.2, 0) is 6.54 Å². The molecule has 3 aromatic heterocycles. The summed E-state index contributed by atoms with van der Waals surface area (Å²) in [4.78, 5) is 6.86. The topological polar surface area (TPSA) is 77.3 Å². The lowest BCUT2D eigenvalue weighted by molar-refractivity contribution is 0.172. The van der Waals surface area contributed by atoms with E-state index in [9.17, 15) is 0 Å². The second-order valence-electron chi connectivity index (χ2n) is 10.6. The summed E-state index contributed by atoms with van der Waals surface area (Å²) < 4.78 is 4.01. The van der Waals surface area contributed by atoms with E-state index in [-0.39, 0.29) is 5.54 Å². The summed E-state index contributed by atoms with van der Waals surface area (Å²) in [6.45, 7) is 9.69. The summed E-state index contributed by atoms with van der Waals surface area (Å²) in [5.74, 6) is 0.903. The van der Waals surface area contributed by atoms with Gasteiger partial charge in [-0.05, 0) is 57.0 Å². The Morgan fingerprint density at radius 1 is 1.06 bits per heavy atom. The lowest BCUT2D eigenvalue weighted by Gasteiger charge is -2.31. The number of benzene rings is 2. The van der Waals surface area contributed by atoms with Gasteiger partial charge < -0.3 is 5.73 Å². The first-order valence-corrected chi connectivity index (χ1v) is 12.3. The van der Waals surface area contributed by atoms with E-state index in [0.717, 1.165) is 53.6 Å². The van der Waals surface area contributed by atoms with Gasteiger partial charge in [0.15, 0.2) is 5.82 Å². The van der Waals surface area contributed by atoms with Gasteiger partial charge in [-0.2, -0.15) is 10.2 Å². The largest absolute Gasteiger partial charge is 0.382 e. The Hall–Kier alpha value is -3.71. The first-order valence-electron chi connectivity index (χ1n) is 12.3. The van der Waals surface area contributed by atoms with Crippen LogP contribution in [0.1, 0.15) is 44.4 Å². The minimum Gasteiger partial charge on any atom is -0.382 e. The Labute approximate surface area is 205 Å². The molecule has 1 atom stereocenters. The summed E-state index contributed by atoms with van der Waals surface area (Å²) in [5, 5.41) is 10.6. The predicted octanol–water partition coefficient (Wildman–Crippen LogP) is 4.96. The van der Waals surface area contributed by atoms with Crippen molar-refractivity contribution in [3.63, 3.8) is 0 Å². The number of nitrogens with zero attached hydrogens (tertiary/aromatic N) is 6. The zero-order valence-electron chi connectivity index (χ0n) is 20.5. The third kappa shape index (κ3) is 3.96. The fraction of sp³-hybridized carbons (Fsp3) is 0.321. The highest BCUT2D eigenvalue weighted by Gasteiger charge is 2.33. The maximum absolute atomic E-state index is 6.40. The monoisotopic (exact) mass is 465 g/mol. The second-order valence-corrected chi connectivity index (χ2v) is 10.6. The second kappa shape index (κ2) is 8.20. The lowest BCUT2D eigenvalue weighted by atomic mass is 10.0. The standard InChI is InChI=1S/C28H31N7/c1-28(2,3)33-12-11-22(16-33)25-14-23(26-27(29)30-18-31-35(25)26)20-9-10-21-17-34(32-24(21)13-20)15-19-7-5-4-6-8-19/h4-10,13-14,17-18,22H,11-12,15-16H2,1-3H3,(H2,29,30,31). The third-order valence-corrected chi connectivity index (χ3v) is 7.22. The third-order valence-electron chi connectivity index (χ3n) is 7.22. The number of hydrogen-bond acceptors (Lipinski definition) is 5. The Bertz CT molecular complexity index is 1510. The van der Waals surface area contributed by atoms with Crippen molar-refractivity contribution in [2.45, 2.75) is 45.2 Å². The first kappa shape index (κ1) is 21.8. The maximum Gasteiger partial charge on any atom is 0.151 e. The average Bonchev–Trinajstić information content (AvgIpc) is 3.55. The van der Waals surface area contributed by atoms with E-state index in [0.29, 0.717) is 11.7 Å². The summed E-state index contributed by atoms with van der Waals surface area (Å²) in [7, 11) is 0. The quantitative estimate of drug-likeness (QED) is 0.406. The number of aromatic nitrogens is 5. The molecule has 7 nitrogen and oxygen atoms in total. The molecule has 4 heterocycles. The Morgan fingerprint density at radius 3 is 2.66 bits per heavy atom. The number of nitrogen functional groups attached to an aromatic ring is 1. The fourth-order valence-corrected chi connectivity index (χ4v) is 5.30. The van der Waals surface area contributed by atoms with Crippen molar-refractivity contribution in [3.05, 3.63) is 78.4 Å². The summed E-state index contributed by atoms with van der Waals surface area (Å²) in [6, 6.07) is 19.1. The molecule has 0 bridgehead atoms. The highest BCUT2D eigenvalue weighted by molar-refractivity contribution is 5.92. The molecule has 0 saturated carbocycles. The number of nitrogens with two attached hydrogens (primary N) is 1. The van der Waals surface area contributed by atoms with E-state index < -0.39 is 0 Å². The smallest absolute Gasteiger partial charge is 0.151 e. The molecule has 6 rings (SSSR count). The molecule has 0 radical (unpaired) electrons. The molecule has 0 spiro atoms. The molecule has 35 heavy (non-hydrogen) atoms. The van der Waals surface area contributed by atoms with Crippen LogP contribution in [0.4, 0.5) is 5.82 Å². The zero-order chi connectivity index (χ0) is 24.2. The molecule has 0 amide bonds. The van der Waals surface area contributed by atoms with Gasteiger partial charge in [0, 0.05) is 40.8 Å². The molecular formula is C28H31N7. The molecule has 7 heteroatoms. The SMILES string of the molecule is CC(C)(C)N1CCC(c2cc(-c3ccc4cn(Cc5ccccc5)nc4c3)c3c(N)ncnn23)C1. The van der Waals surface area contributed by atoms with Crippen LogP contribution in [0, 0.1) is 0 Å². The normalized spacial score (nSPS) is 17.1. The summed E-state index contributed by atoms with van der Waals surface area (Å²) in [6.07, 6.45) is 4.77. The van der Waals surface area contributed by atoms with Crippen molar-refractivity contribution in [1.82, 2.24) is 29.3 Å². The van der Waals surface area contributed by atoms with Crippen LogP contribution in [0.3, 0.4) is 0 Å². The zero-order valence-corrected chi connectivity index (χ0v) is 20.5. The highest BCUT2D eigenvalue weighted by Crippen LogP contribution is 2.38. The summed E-state index contributed by atoms with van der Waals surface area (Å²) >= 11 is 0. The van der Waals surface area contributed by atoms with Crippen molar-refractivity contribution in [3.8, 4) is 11.1 Å². The van der Waals surface area contributed by atoms with Gasteiger partial charge in [0.1, 0.15) is 11.8 Å². The van der Waals surface area contributed by atoms with Crippen molar-refractivity contribution in [2.24, 2.45) is 0 Å². The fourth-order valence-electron chi connectivity index (χ4n) is 5.30. The van der Waals surface area contributed by atoms with Crippen molar-refractivity contribution < 1.29 is 0 Å². The summed E-state index contributed by atoms with van der Waals surface area (Å²) in [5.41, 5.74) is 13.0. The van der Waals surface area contributed by atoms with Gasteiger partial charge >= 0.3 is 0 Å². The number of likely N-dealkylation sites (tertiary alicyclic amines) is 1. The Balaban J connectivity index is 1.40. The van der Waals surface area contributed by atoms with Gasteiger partial charge in [-0.1, -0.05) is 42.5 Å². The molecule has 0 aliphatic carbocycles. The van der Waals surface area contributed by atoms with Crippen LogP contribution in [-0.4, -0.2) is 47.9 Å². The Morgan fingerprint density at radius 2 is 1.89 bits per heavy atom. The maximum atomic E-state index is 6.40. The molecule has 1 fully saturated rings. The number of hydrogen-bond donors (Lipinski definition) is 1. The minimum absolute atomic E-state index is 0.155. The van der Waals surface area contributed by atoms with Crippen LogP contribution >= 0.6 is 0 Å². The van der Waals surface area contributed by atoms with Gasteiger partial charge in [0.25, 0.3) is 0 Å². The minimum atomic E-state index is 0.155. The van der Waals surface area contributed by atoms with E-state index in [4.69, 9.17) is 10.8 Å². The number of fused-ring (bicyclic) bond motifs is 2. The molecule has 2 aromatic carbocycles. The van der Waals surface area contributed by atoms with Crippen molar-refractivity contribution in [1.29, 1.82) is 0 Å². The van der Waals surface area contributed by atoms with Gasteiger partial charge in [0.2, 0.25) is 0 Å². The molecular weight excluding hydrogens is 434 g/mol. The first-order chi connectivity index (χ1) is 16.9. The van der Waals surface area contributed by atoms with E-state index in [1.807, 2.05) is 15.3 Å². The highest BCUT2D eigenvalue weighted by atomic mass is 15.3. The predicted molar refractivity (Wildman–Crippen MR) is 140 cm³/mol. The number of rotatable bonds is 4. The van der Waals surface area contributed by atoms with E-state index in [1.165, 1.54) is 11.3 Å². The molecule has 1 saturated heterocycles. The van der Waals surface area contributed by atoms with Crippen LogP contribution < -0.4 is 5.73 Å². The van der Waals surface area contributed by atoms with Crippen molar-refractivity contribution in [2.75, 3.05) is 18.8 Å².